The molecule has 0 aliphatic carbocycles. The van der Waals surface area contributed by atoms with Crippen molar-refractivity contribution >= 4 is 20.6 Å². The van der Waals surface area contributed by atoms with Gasteiger partial charge >= 0.3 is 0 Å². The molecule has 0 saturated heterocycles. The SMILES string of the molecule is CCCNC(CS(=O)(=O)CC)c1ccc2ccccc2c1. The fourth-order valence-electron chi connectivity index (χ4n) is 2.39. The molecular formula is C17H23NO2S. The number of sulfone groups is 1. The van der Waals surface area contributed by atoms with E-state index in [1.165, 1.54) is 5.39 Å². The molecule has 114 valence electrons. The van der Waals surface area contributed by atoms with E-state index in [0.29, 0.717) is 0 Å². The summed E-state index contributed by atoms with van der Waals surface area (Å²) < 4.78 is 23.9. The molecule has 1 atom stereocenters. The molecule has 0 fully saturated rings. The summed E-state index contributed by atoms with van der Waals surface area (Å²) in [5.74, 6) is 0.340. The van der Waals surface area contributed by atoms with Crippen molar-refractivity contribution < 1.29 is 8.42 Å². The van der Waals surface area contributed by atoms with Crippen LogP contribution in [0.3, 0.4) is 0 Å². The van der Waals surface area contributed by atoms with E-state index >= 15 is 0 Å². The quantitative estimate of drug-likeness (QED) is 0.853. The molecule has 0 heterocycles. The first kappa shape index (κ1) is 16.0. The van der Waals surface area contributed by atoms with Gasteiger partial charge in [0.1, 0.15) is 0 Å². The maximum atomic E-state index is 12.0. The van der Waals surface area contributed by atoms with Gasteiger partial charge in [0.25, 0.3) is 0 Å². The van der Waals surface area contributed by atoms with Gasteiger partial charge in [-0.2, -0.15) is 0 Å². The highest BCUT2D eigenvalue weighted by Gasteiger charge is 2.19. The number of nitrogens with one attached hydrogen (secondary N) is 1. The average molecular weight is 305 g/mol. The lowest BCUT2D eigenvalue weighted by molar-refractivity contribution is 0.547. The van der Waals surface area contributed by atoms with Crippen LogP contribution in [0.5, 0.6) is 0 Å². The minimum atomic E-state index is -3.01. The van der Waals surface area contributed by atoms with E-state index in [4.69, 9.17) is 0 Å². The van der Waals surface area contributed by atoms with Crippen molar-refractivity contribution in [3.63, 3.8) is 0 Å². The Morgan fingerprint density at radius 1 is 1.05 bits per heavy atom. The molecule has 4 heteroatoms. The van der Waals surface area contributed by atoms with Gasteiger partial charge in [-0.15, -0.1) is 0 Å². The Hall–Kier alpha value is -1.39. The summed E-state index contributed by atoms with van der Waals surface area (Å²) >= 11 is 0. The van der Waals surface area contributed by atoms with Crippen LogP contribution in [0.15, 0.2) is 42.5 Å². The molecule has 0 amide bonds. The van der Waals surface area contributed by atoms with Crippen LogP contribution in [0.25, 0.3) is 10.8 Å². The third-order valence-corrected chi connectivity index (χ3v) is 5.40. The van der Waals surface area contributed by atoms with E-state index < -0.39 is 9.84 Å². The molecule has 0 aromatic heterocycles. The Morgan fingerprint density at radius 3 is 2.43 bits per heavy atom. The molecule has 1 unspecified atom stereocenters. The van der Waals surface area contributed by atoms with Crippen LogP contribution in [-0.2, 0) is 9.84 Å². The van der Waals surface area contributed by atoms with Gasteiger partial charge in [0.2, 0.25) is 0 Å². The van der Waals surface area contributed by atoms with Gasteiger partial charge in [-0.05, 0) is 35.4 Å². The highest BCUT2D eigenvalue weighted by atomic mass is 32.2. The van der Waals surface area contributed by atoms with Crippen molar-refractivity contribution in [1.29, 1.82) is 0 Å². The minimum Gasteiger partial charge on any atom is -0.309 e. The second-order valence-corrected chi connectivity index (χ2v) is 7.71. The van der Waals surface area contributed by atoms with Crippen molar-refractivity contribution in [2.45, 2.75) is 26.3 Å². The molecular weight excluding hydrogens is 282 g/mol. The predicted octanol–water partition coefficient (Wildman–Crippen LogP) is 3.32. The van der Waals surface area contributed by atoms with Gasteiger partial charge in [-0.3, -0.25) is 0 Å². The van der Waals surface area contributed by atoms with Crippen LogP contribution in [-0.4, -0.2) is 26.5 Å². The van der Waals surface area contributed by atoms with Crippen LogP contribution in [0.2, 0.25) is 0 Å². The minimum absolute atomic E-state index is 0.139. The molecule has 0 spiro atoms. The van der Waals surface area contributed by atoms with E-state index in [2.05, 4.69) is 36.5 Å². The van der Waals surface area contributed by atoms with Gasteiger partial charge in [-0.25, -0.2) is 8.42 Å². The lowest BCUT2D eigenvalue weighted by atomic mass is 10.0. The smallest absolute Gasteiger partial charge is 0.151 e. The zero-order valence-electron chi connectivity index (χ0n) is 12.7. The lowest BCUT2D eigenvalue weighted by Crippen LogP contribution is -2.29. The standard InChI is InChI=1S/C17H23NO2S/c1-3-11-18-17(13-21(19,20)4-2)16-10-9-14-7-5-6-8-15(14)12-16/h5-10,12,17-18H,3-4,11,13H2,1-2H3. The van der Waals surface area contributed by atoms with Crippen LogP contribution >= 0.6 is 0 Å². The first-order chi connectivity index (χ1) is 10.1. The van der Waals surface area contributed by atoms with E-state index in [-0.39, 0.29) is 17.5 Å². The Balaban J connectivity index is 2.33. The Morgan fingerprint density at radius 2 is 1.76 bits per heavy atom. The summed E-state index contributed by atoms with van der Waals surface area (Å²) in [6, 6.07) is 14.2. The van der Waals surface area contributed by atoms with Crippen molar-refractivity contribution in [1.82, 2.24) is 5.32 Å². The molecule has 0 aliphatic rings. The van der Waals surface area contributed by atoms with Gasteiger partial charge in [0.05, 0.1) is 5.75 Å². The molecule has 2 rings (SSSR count). The molecule has 2 aromatic rings. The van der Waals surface area contributed by atoms with Gasteiger partial charge < -0.3 is 5.32 Å². The second kappa shape index (κ2) is 7.05. The second-order valence-electron chi connectivity index (χ2n) is 5.31. The van der Waals surface area contributed by atoms with E-state index in [9.17, 15) is 8.42 Å². The molecule has 2 aromatic carbocycles. The summed E-state index contributed by atoms with van der Waals surface area (Å²) in [6.45, 7) is 4.60. The first-order valence-electron chi connectivity index (χ1n) is 7.48. The maximum absolute atomic E-state index is 12.0. The van der Waals surface area contributed by atoms with Crippen molar-refractivity contribution in [3.8, 4) is 0 Å². The monoisotopic (exact) mass is 305 g/mol. The summed E-state index contributed by atoms with van der Waals surface area (Å²) in [5, 5.41) is 5.68. The zero-order valence-corrected chi connectivity index (χ0v) is 13.5. The first-order valence-corrected chi connectivity index (χ1v) is 9.30. The van der Waals surface area contributed by atoms with E-state index in [1.807, 2.05) is 18.2 Å². The highest BCUT2D eigenvalue weighted by Crippen LogP contribution is 2.22. The predicted molar refractivity (Wildman–Crippen MR) is 89.3 cm³/mol. The fraction of sp³-hybridized carbons (Fsp3) is 0.412. The molecule has 0 aliphatic heterocycles. The summed E-state index contributed by atoms with van der Waals surface area (Å²) in [6.07, 6.45) is 0.982. The number of hydrogen-bond acceptors (Lipinski definition) is 3. The molecule has 0 bridgehead atoms. The van der Waals surface area contributed by atoms with Crippen molar-refractivity contribution in [3.05, 3.63) is 48.0 Å². The lowest BCUT2D eigenvalue weighted by Gasteiger charge is -2.19. The summed E-state index contributed by atoms with van der Waals surface area (Å²) in [4.78, 5) is 0. The fourth-order valence-corrected chi connectivity index (χ4v) is 3.44. The molecule has 3 nitrogen and oxygen atoms in total. The Labute approximate surface area is 127 Å². The Bertz CT molecular complexity index is 695. The maximum Gasteiger partial charge on any atom is 0.151 e. The van der Waals surface area contributed by atoms with E-state index in [0.717, 1.165) is 23.9 Å². The van der Waals surface area contributed by atoms with Gasteiger partial charge in [-0.1, -0.05) is 50.2 Å². The molecule has 21 heavy (non-hydrogen) atoms. The molecule has 1 N–H and O–H groups in total. The van der Waals surface area contributed by atoms with E-state index in [1.54, 1.807) is 6.92 Å². The third-order valence-electron chi connectivity index (χ3n) is 3.68. The van der Waals surface area contributed by atoms with Crippen molar-refractivity contribution in [2.24, 2.45) is 0 Å². The topological polar surface area (TPSA) is 46.2 Å². The number of rotatable bonds is 7. The largest absolute Gasteiger partial charge is 0.309 e. The molecule has 0 saturated carbocycles. The average Bonchev–Trinajstić information content (AvgIpc) is 2.51. The van der Waals surface area contributed by atoms with Crippen LogP contribution in [0.4, 0.5) is 0 Å². The third kappa shape index (κ3) is 4.29. The van der Waals surface area contributed by atoms with Gasteiger partial charge in [0.15, 0.2) is 9.84 Å². The number of hydrogen-bond donors (Lipinski definition) is 1. The molecule has 0 radical (unpaired) electrons. The summed E-state index contributed by atoms with van der Waals surface area (Å²) in [7, 11) is -3.01. The number of fused-ring (bicyclic) bond motifs is 1. The Kier molecular flexibility index (Phi) is 5.37. The van der Waals surface area contributed by atoms with Crippen molar-refractivity contribution in [2.75, 3.05) is 18.1 Å². The van der Waals surface area contributed by atoms with Crippen LogP contribution in [0.1, 0.15) is 31.9 Å². The van der Waals surface area contributed by atoms with Gasteiger partial charge in [0, 0.05) is 11.8 Å². The number of benzene rings is 2. The van der Waals surface area contributed by atoms with Crippen LogP contribution < -0.4 is 5.32 Å². The summed E-state index contributed by atoms with van der Waals surface area (Å²) in [5.41, 5.74) is 1.04. The zero-order chi connectivity index (χ0) is 15.3. The highest BCUT2D eigenvalue weighted by molar-refractivity contribution is 7.91. The van der Waals surface area contributed by atoms with Crippen LogP contribution in [0, 0.1) is 0 Å². The normalized spacial score (nSPS) is 13.4.